The van der Waals surface area contributed by atoms with E-state index in [2.05, 4.69) is 15.6 Å². The molecule has 1 aromatic heterocycles. The van der Waals surface area contributed by atoms with Gasteiger partial charge in [0.25, 0.3) is 11.8 Å². The molecule has 0 spiro atoms. The van der Waals surface area contributed by atoms with E-state index < -0.39 is 29.2 Å². The topological polar surface area (TPSA) is 164 Å². The fourth-order valence-corrected chi connectivity index (χ4v) is 3.73. The quantitative estimate of drug-likeness (QED) is 0.287. The van der Waals surface area contributed by atoms with Gasteiger partial charge in [-0.3, -0.25) is 9.59 Å². The van der Waals surface area contributed by atoms with Gasteiger partial charge in [-0.15, -0.1) is 0 Å². The van der Waals surface area contributed by atoms with Gasteiger partial charge in [0.15, 0.2) is 0 Å². The van der Waals surface area contributed by atoms with Crippen LogP contribution in [0.5, 0.6) is 5.88 Å². The van der Waals surface area contributed by atoms with Crippen molar-refractivity contribution >= 4 is 23.5 Å². The number of benzene rings is 2. The SMILES string of the molecule is COc1ccc(-c2ccc(C(=O)N[C@H](CO)C(C)(C)C)cc2C(=O)O)c(C(=O)Nc2ccc(CN)cc2)n1. The normalized spacial score (nSPS) is 11.9. The zero-order chi connectivity index (χ0) is 28.0. The second-order valence-electron chi connectivity index (χ2n) is 9.75. The number of carboxylic acids is 1. The van der Waals surface area contributed by atoms with E-state index in [0.717, 1.165) is 5.56 Å². The van der Waals surface area contributed by atoms with Crippen LogP contribution in [0.4, 0.5) is 5.69 Å². The van der Waals surface area contributed by atoms with Crippen molar-refractivity contribution in [2.45, 2.75) is 33.4 Å². The monoisotopic (exact) mass is 520 g/mol. The van der Waals surface area contributed by atoms with Crippen LogP contribution in [0.15, 0.2) is 54.6 Å². The molecule has 0 bridgehead atoms. The van der Waals surface area contributed by atoms with Crippen molar-refractivity contribution in [3.8, 4) is 17.0 Å². The Labute approximate surface area is 220 Å². The number of ether oxygens (including phenoxy) is 1. The molecule has 2 amide bonds. The standard InChI is InChI=1S/C28H32N4O6/c1-28(2,3)22(15-33)31-25(34)17-7-10-19(21(13-17)27(36)37)20-11-12-23(38-4)32-24(20)26(35)30-18-8-5-16(14-29)6-9-18/h5-13,22,33H,14-15,29H2,1-4H3,(H,30,35)(H,31,34)(H,36,37)/t22-/m1/s1. The van der Waals surface area contributed by atoms with E-state index in [1.807, 2.05) is 20.8 Å². The number of aliphatic hydroxyl groups excluding tert-OH is 1. The van der Waals surface area contributed by atoms with Gasteiger partial charge in [-0.25, -0.2) is 9.78 Å². The fraction of sp³-hybridized carbons (Fsp3) is 0.286. The summed E-state index contributed by atoms with van der Waals surface area (Å²) < 4.78 is 5.18. The van der Waals surface area contributed by atoms with Crippen LogP contribution in [0.25, 0.3) is 11.1 Å². The second kappa shape index (κ2) is 11.8. The first kappa shape index (κ1) is 28.3. The Hall–Kier alpha value is -4.28. The Morgan fingerprint density at radius 3 is 2.21 bits per heavy atom. The number of hydrogen-bond donors (Lipinski definition) is 5. The molecule has 200 valence electrons. The molecule has 0 aliphatic heterocycles. The van der Waals surface area contributed by atoms with Crippen LogP contribution in [0.2, 0.25) is 0 Å². The van der Waals surface area contributed by atoms with Crippen molar-refractivity contribution in [1.29, 1.82) is 0 Å². The van der Waals surface area contributed by atoms with Gasteiger partial charge < -0.3 is 31.3 Å². The number of nitrogens with two attached hydrogens (primary N) is 1. The maximum Gasteiger partial charge on any atom is 0.336 e. The Morgan fingerprint density at radius 1 is 1.00 bits per heavy atom. The predicted molar refractivity (Wildman–Crippen MR) is 143 cm³/mol. The Morgan fingerprint density at radius 2 is 1.66 bits per heavy atom. The number of carbonyl (C=O) groups is 3. The molecule has 2 aromatic carbocycles. The minimum absolute atomic E-state index is 0.0555. The summed E-state index contributed by atoms with van der Waals surface area (Å²) in [5.41, 5.74) is 6.91. The lowest BCUT2D eigenvalue weighted by Crippen LogP contribution is -2.46. The van der Waals surface area contributed by atoms with E-state index in [0.29, 0.717) is 12.2 Å². The van der Waals surface area contributed by atoms with Gasteiger partial charge >= 0.3 is 5.97 Å². The van der Waals surface area contributed by atoms with Gasteiger partial charge in [-0.1, -0.05) is 39.0 Å². The van der Waals surface area contributed by atoms with Gasteiger partial charge in [0.1, 0.15) is 5.69 Å². The summed E-state index contributed by atoms with van der Waals surface area (Å²) in [5.74, 6) is -2.22. The average molecular weight is 521 g/mol. The van der Waals surface area contributed by atoms with Crippen molar-refractivity contribution in [3.05, 3.63) is 77.0 Å². The molecule has 38 heavy (non-hydrogen) atoms. The Bertz CT molecular complexity index is 1330. The first-order valence-electron chi connectivity index (χ1n) is 11.9. The van der Waals surface area contributed by atoms with E-state index in [1.54, 1.807) is 30.3 Å². The van der Waals surface area contributed by atoms with Crippen LogP contribution in [-0.4, -0.2) is 52.7 Å². The first-order chi connectivity index (χ1) is 18.0. The van der Waals surface area contributed by atoms with Crippen LogP contribution in [-0.2, 0) is 6.54 Å². The minimum atomic E-state index is -1.29. The number of nitrogens with zero attached hydrogens (tertiary/aromatic N) is 1. The van der Waals surface area contributed by atoms with Gasteiger partial charge in [0, 0.05) is 29.4 Å². The summed E-state index contributed by atoms with van der Waals surface area (Å²) in [4.78, 5) is 42.6. The number of anilines is 1. The number of methoxy groups -OCH3 is 1. The summed E-state index contributed by atoms with van der Waals surface area (Å²) in [5, 5.41) is 25.2. The second-order valence-corrected chi connectivity index (χ2v) is 9.75. The fourth-order valence-electron chi connectivity index (χ4n) is 3.73. The van der Waals surface area contributed by atoms with E-state index in [9.17, 15) is 24.6 Å². The largest absolute Gasteiger partial charge is 0.481 e. The predicted octanol–water partition coefficient (Wildman–Crippen LogP) is 3.30. The molecular formula is C28H32N4O6. The molecule has 0 saturated carbocycles. The molecule has 0 aliphatic carbocycles. The molecule has 0 radical (unpaired) electrons. The highest BCUT2D eigenvalue weighted by Gasteiger charge is 2.27. The highest BCUT2D eigenvalue weighted by atomic mass is 16.5. The number of aromatic carboxylic acids is 1. The number of pyridine rings is 1. The zero-order valence-corrected chi connectivity index (χ0v) is 21.7. The van der Waals surface area contributed by atoms with E-state index in [4.69, 9.17) is 10.5 Å². The number of amides is 2. The molecule has 6 N–H and O–H groups in total. The number of aromatic nitrogens is 1. The summed E-state index contributed by atoms with van der Waals surface area (Å²) in [7, 11) is 1.41. The molecule has 1 atom stereocenters. The van der Waals surface area contributed by atoms with Crippen molar-refractivity contribution in [1.82, 2.24) is 10.3 Å². The van der Waals surface area contributed by atoms with Gasteiger partial charge in [-0.2, -0.15) is 0 Å². The van der Waals surface area contributed by atoms with Crippen molar-refractivity contribution in [3.63, 3.8) is 0 Å². The smallest absolute Gasteiger partial charge is 0.336 e. The van der Waals surface area contributed by atoms with Gasteiger partial charge in [0.2, 0.25) is 5.88 Å². The average Bonchev–Trinajstić information content (AvgIpc) is 2.90. The zero-order valence-electron chi connectivity index (χ0n) is 21.7. The highest BCUT2D eigenvalue weighted by molar-refractivity contribution is 6.09. The van der Waals surface area contributed by atoms with Crippen LogP contribution >= 0.6 is 0 Å². The number of carboxylic acid groups (broad SMARTS) is 1. The molecule has 0 saturated heterocycles. The number of aliphatic hydroxyl groups is 1. The molecular weight excluding hydrogens is 488 g/mol. The molecule has 3 aromatic rings. The highest BCUT2D eigenvalue weighted by Crippen LogP contribution is 2.30. The van der Waals surface area contributed by atoms with E-state index in [-0.39, 0.29) is 40.4 Å². The number of carbonyl (C=O) groups excluding carboxylic acids is 2. The van der Waals surface area contributed by atoms with Crippen LogP contribution in [0.3, 0.4) is 0 Å². The maximum absolute atomic E-state index is 13.2. The van der Waals surface area contributed by atoms with Gasteiger partial charge in [-0.05, 0) is 46.9 Å². The summed E-state index contributed by atoms with van der Waals surface area (Å²) in [6.07, 6.45) is 0. The first-order valence-corrected chi connectivity index (χ1v) is 11.9. The third kappa shape index (κ3) is 6.53. The number of nitrogens with one attached hydrogen (secondary N) is 2. The lowest BCUT2D eigenvalue weighted by Gasteiger charge is -2.29. The van der Waals surface area contributed by atoms with Crippen molar-refractivity contribution < 1.29 is 29.3 Å². The van der Waals surface area contributed by atoms with E-state index in [1.165, 1.54) is 31.4 Å². The van der Waals surface area contributed by atoms with Crippen molar-refractivity contribution in [2.24, 2.45) is 11.1 Å². The summed E-state index contributed by atoms with van der Waals surface area (Å²) in [6, 6.07) is 13.6. The molecule has 10 nitrogen and oxygen atoms in total. The third-order valence-corrected chi connectivity index (χ3v) is 6.08. The number of rotatable bonds is 9. The van der Waals surface area contributed by atoms with Gasteiger partial charge in [0.05, 0.1) is 25.3 Å². The molecule has 1 heterocycles. The van der Waals surface area contributed by atoms with E-state index >= 15 is 0 Å². The van der Waals surface area contributed by atoms with Crippen molar-refractivity contribution in [2.75, 3.05) is 19.0 Å². The molecule has 0 fully saturated rings. The number of hydrogen-bond acceptors (Lipinski definition) is 7. The lowest BCUT2D eigenvalue weighted by molar-refractivity contribution is 0.0697. The lowest BCUT2D eigenvalue weighted by atomic mass is 9.87. The third-order valence-electron chi connectivity index (χ3n) is 6.08. The molecule has 3 rings (SSSR count). The molecule has 10 heteroatoms. The Kier molecular flexibility index (Phi) is 8.82. The van der Waals surface area contributed by atoms with Crippen LogP contribution < -0.4 is 21.1 Å². The minimum Gasteiger partial charge on any atom is -0.481 e. The molecule has 0 unspecified atom stereocenters. The summed E-state index contributed by atoms with van der Waals surface area (Å²) in [6.45, 7) is 5.70. The van der Waals surface area contributed by atoms with Crippen LogP contribution in [0, 0.1) is 5.41 Å². The van der Waals surface area contributed by atoms with Crippen LogP contribution in [0.1, 0.15) is 57.5 Å². The summed E-state index contributed by atoms with van der Waals surface area (Å²) >= 11 is 0. The maximum atomic E-state index is 13.2. The molecule has 0 aliphatic rings. The Balaban J connectivity index is 2.02.